The number of nitro groups is 1. The lowest BCUT2D eigenvalue weighted by Gasteiger charge is -1.99. The Hall–Kier alpha value is -3.36. The average Bonchev–Trinajstić information content (AvgIpc) is 2.46. The number of hydrazone groups is 1. The molecule has 0 saturated carbocycles. The zero-order chi connectivity index (χ0) is 16.1. The number of carbonyl (C=O) groups excluding carboxylic acids is 1. The summed E-state index contributed by atoms with van der Waals surface area (Å²) in [6, 6.07) is 7.04. The number of nitrogens with one attached hydrogen (secondary N) is 2. The van der Waals surface area contributed by atoms with Crippen molar-refractivity contribution in [2.45, 2.75) is 6.92 Å². The van der Waals surface area contributed by atoms with Crippen LogP contribution in [0.15, 0.2) is 40.2 Å². The van der Waals surface area contributed by atoms with E-state index < -0.39 is 16.5 Å². The Balaban J connectivity index is 2.03. The molecule has 9 nitrogen and oxygen atoms in total. The number of aromatic amines is 1. The third kappa shape index (κ3) is 3.82. The number of rotatable bonds is 4. The molecule has 0 aliphatic heterocycles. The van der Waals surface area contributed by atoms with E-state index in [0.29, 0.717) is 11.3 Å². The number of benzene rings is 1. The van der Waals surface area contributed by atoms with Gasteiger partial charge in [0.05, 0.1) is 11.1 Å². The Morgan fingerprint density at radius 1 is 1.41 bits per heavy atom. The quantitative estimate of drug-likeness (QED) is 0.489. The fourth-order valence-electron chi connectivity index (χ4n) is 1.60. The maximum atomic E-state index is 11.8. The van der Waals surface area contributed by atoms with Gasteiger partial charge >= 0.3 is 5.69 Å². The highest BCUT2D eigenvalue weighted by molar-refractivity contribution is 5.93. The first-order valence-electron chi connectivity index (χ1n) is 6.11. The van der Waals surface area contributed by atoms with Crippen molar-refractivity contribution in [3.05, 3.63) is 67.9 Å². The van der Waals surface area contributed by atoms with Crippen LogP contribution in [0.25, 0.3) is 0 Å². The summed E-state index contributed by atoms with van der Waals surface area (Å²) in [5, 5.41) is 14.2. The summed E-state index contributed by atoms with van der Waals surface area (Å²) >= 11 is 0. The summed E-state index contributed by atoms with van der Waals surface area (Å²) in [6.45, 7) is 1.63. The summed E-state index contributed by atoms with van der Waals surface area (Å²) in [4.78, 5) is 38.8. The average molecular weight is 301 g/mol. The second kappa shape index (κ2) is 6.39. The van der Waals surface area contributed by atoms with Gasteiger partial charge in [0.25, 0.3) is 11.6 Å². The van der Waals surface area contributed by atoms with Gasteiger partial charge in [0.1, 0.15) is 5.69 Å². The van der Waals surface area contributed by atoms with E-state index in [-0.39, 0.29) is 11.4 Å². The molecule has 1 amide bonds. The SMILES string of the molecule is Cc1cc(C(=O)N/N=C/c2ccc([N+](=O)[O-])cc2)nc(=O)[nH]1. The topological polar surface area (TPSA) is 130 Å². The molecule has 1 heterocycles. The van der Waals surface area contributed by atoms with Gasteiger partial charge in [-0.15, -0.1) is 0 Å². The Morgan fingerprint density at radius 3 is 2.68 bits per heavy atom. The number of hydrogen-bond donors (Lipinski definition) is 2. The predicted octanol–water partition coefficient (Wildman–Crippen LogP) is 0.750. The van der Waals surface area contributed by atoms with Gasteiger partial charge in [-0.3, -0.25) is 14.9 Å². The van der Waals surface area contributed by atoms with Gasteiger partial charge in [0.2, 0.25) is 0 Å². The standard InChI is InChI=1S/C13H11N5O4/c1-8-6-11(16-13(20)15-8)12(19)17-14-7-9-2-4-10(5-3-9)18(21)22/h2-7H,1H3,(H,17,19)(H,15,16,20)/b14-7+. The van der Waals surface area contributed by atoms with E-state index in [1.165, 1.54) is 36.5 Å². The lowest BCUT2D eigenvalue weighted by Crippen LogP contribution is -2.24. The number of non-ortho nitro benzene ring substituents is 1. The van der Waals surface area contributed by atoms with E-state index in [1.807, 2.05) is 0 Å². The van der Waals surface area contributed by atoms with Crippen LogP contribution in [-0.4, -0.2) is 27.0 Å². The minimum Gasteiger partial charge on any atom is -0.310 e. The molecule has 2 aromatic rings. The zero-order valence-corrected chi connectivity index (χ0v) is 11.4. The fraction of sp³-hybridized carbons (Fsp3) is 0.0769. The van der Waals surface area contributed by atoms with E-state index in [4.69, 9.17) is 0 Å². The predicted molar refractivity (Wildman–Crippen MR) is 77.8 cm³/mol. The van der Waals surface area contributed by atoms with Crippen molar-refractivity contribution in [2.75, 3.05) is 0 Å². The number of nitro benzene ring substituents is 1. The van der Waals surface area contributed by atoms with Crippen molar-refractivity contribution in [1.82, 2.24) is 15.4 Å². The molecule has 2 rings (SSSR count). The smallest absolute Gasteiger partial charge is 0.310 e. The van der Waals surface area contributed by atoms with Gasteiger partial charge in [-0.05, 0) is 30.7 Å². The second-order valence-corrected chi connectivity index (χ2v) is 4.30. The van der Waals surface area contributed by atoms with Gasteiger partial charge in [0.15, 0.2) is 0 Å². The first-order chi connectivity index (χ1) is 10.5. The number of aryl methyl sites for hydroxylation is 1. The second-order valence-electron chi connectivity index (χ2n) is 4.30. The molecule has 112 valence electrons. The van der Waals surface area contributed by atoms with E-state index in [9.17, 15) is 19.7 Å². The van der Waals surface area contributed by atoms with Crippen LogP contribution < -0.4 is 11.1 Å². The van der Waals surface area contributed by atoms with E-state index in [0.717, 1.165) is 0 Å². The van der Waals surface area contributed by atoms with Crippen molar-refractivity contribution in [3.63, 3.8) is 0 Å². The maximum absolute atomic E-state index is 11.8. The van der Waals surface area contributed by atoms with Crippen molar-refractivity contribution >= 4 is 17.8 Å². The van der Waals surface area contributed by atoms with Crippen LogP contribution in [0.3, 0.4) is 0 Å². The summed E-state index contributed by atoms with van der Waals surface area (Å²) in [7, 11) is 0. The Labute approximate surface area is 123 Å². The number of amides is 1. The molecule has 0 unspecified atom stereocenters. The highest BCUT2D eigenvalue weighted by Gasteiger charge is 2.07. The van der Waals surface area contributed by atoms with Crippen molar-refractivity contribution in [1.29, 1.82) is 0 Å². The van der Waals surface area contributed by atoms with Crippen molar-refractivity contribution in [3.8, 4) is 0 Å². The lowest BCUT2D eigenvalue weighted by atomic mass is 10.2. The molecular formula is C13H11N5O4. The molecule has 9 heteroatoms. The van der Waals surface area contributed by atoms with Crippen LogP contribution >= 0.6 is 0 Å². The molecule has 1 aromatic carbocycles. The Kier molecular flexibility index (Phi) is 4.37. The first kappa shape index (κ1) is 15.0. The molecule has 22 heavy (non-hydrogen) atoms. The lowest BCUT2D eigenvalue weighted by molar-refractivity contribution is -0.384. The molecule has 0 fully saturated rings. The third-order valence-electron chi connectivity index (χ3n) is 2.60. The molecule has 0 aliphatic carbocycles. The van der Waals surface area contributed by atoms with Gasteiger partial charge < -0.3 is 4.98 Å². The molecule has 0 spiro atoms. The molecule has 2 N–H and O–H groups in total. The largest absolute Gasteiger partial charge is 0.345 e. The van der Waals surface area contributed by atoms with Crippen LogP contribution in [-0.2, 0) is 0 Å². The molecule has 0 saturated heterocycles. The van der Waals surface area contributed by atoms with Crippen LogP contribution in [0.1, 0.15) is 21.7 Å². The molecular weight excluding hydrogens is 290 g/mol. The Bertz CT molecular complexity index is 795. The van der Waals surface area contributed by atoms with Crippen LogP contribution in [0.4, 0.5) is 5.69 Å². The number of carbonyl (C=O) groups is 1. The molecule has 0 radical (unpaired) electrons. The number of aromatic nitrogens is 2. The fourth-order valence-corrected chi connectivity index (χ4v) is 1.60. The molecule has 0 atom stereocenters. The minimum atomic E-state index is -0.632. The number of nitrogens with zero attached hydrogens (tertiary/aromatic N) is 3. The summed E-state index contributed by atoms with van der Waals surface area (Å²) in [5.74, 6) is -0.632. The highest BCUT2D eigenvalue weighted by atomic mass is 16.6. The summed E-state index contributed by atoms with van der Waals surface area (Å²) in [5.41, 5.74) is 2.58. The summed E-state index contributed by atoms with van der Waals surface area (Å²) < 4.78 is 0. The van der Waals surface area contributed by atoms with E-state index in [1.54, 1.807) is 6.92 Å². The van der Waals surface area contributed by atoms with Gasteiger partial charge in [0, 0.05) is 17.8 Å². The Morgan fingerprint density at radius 2 is 2.09 bits per heavy atom. The normalized spacial score (nSPS) is 10.6. The molecule has 0 aliphatic rings. The number of H-pyrrole nitrogens is 1. The zero-order valence-electron chi connectivity index (χ0n) is 11.4. The monoisotopic (exact) mass is 301 g/mol. The van der Waals surface area contributed by atoms with E-state index >= 15 is 0 Å². The number of hydrogen-bond acceptors (Lipinski definition) is 6. The van der Waals surface area contributed by atoms with Gasteiger partial charge in [-0.1, -0.05) is 0 Å². The minimum absolute atomic E-state index is 0.0376. The summed E-state index contributed by atoms with van der Waals surface area (Å²) in [6.07, 6.45) is 1.32. The van der Waals surface area contributed by atoms with Crippen molar-refractivity contribution < 1.29 is 9.72 Å². The van der Waals surface area contributed by atoms with Crippen LogP contribution in [0, 0.1) is 17.0 Å². The van der Waals surface area contributed by atoms with Crippen LogP contribution in [0.2, 0.25) is 0 Å². The van der Waals surface area contributed by atoms with Gasteiger partial charge in [-0.2, -0.15) is 10.1 Å². The maximum Gasteiger partial charge on any atom is 0.345 e. The van der Waals surface area contributed by atoms with Crippen molar-refractivity contribution in [2.24, 2.45) is 5.10 Å². The highest BCUT2D eigenvalue weighted by Crippen LogP contribution is 2.10. The first-order valence-corrected chi connectivity index (χ1v) is 6.11. The van der Waals surface area contributed by atoms with Crippen LogP contribution in [0.5, 0.6) is 0 Å². The molecule has 1 aromatic heterocycles. The van der Waals surface area contributed by atoms with E-state index in [2.05, 4.69) is 20.5 Å². The third-order valence-corrected chi connectivity index (χ3v) is 2.60. The molecule has 0 bridgehead atoms. The van der Waals surface area contributed by atoms with Gasteiger partial charge in [-0.25, -0.2) is 10.2 Å².